The number of hydrogen-bond acceptors (Lipinski definition) is 3. The normalized spacial score (nSPS) is 11.9. The third-order valence-corrected chi connectivity index (χ3v) is 2.90. The number of nitrogens with zero attached hydrogens (tertiary/aromatic N) is 1. The van der Waals surface area contributed by atoms with E-state index in [-0.39, 0.29) is 6.61 Å². The number of benzene rings is 1. The molecule has 100 valence electrons. The van der Waals surface area contributed by atoms with Crippen LogP contribution in [-0.2, 0) is 0 Å². The van der Waals surface area contributed by atoms with Gasteiger partial charge in [0.05, 0.1) is 12.6 Å². The number of aliphatic hydroxyl groups excluding tert-OH is 1. The highest BCUT2D eigenvalue weighted by Gasteiger charge is 2.13. The Morgan fingerprint density at radius 3 is 2.22 bits per heavy atom. The summed E-state index contributed by atoms with van der Waals surface area (Å²) < 4.78 is 0. The third kappa shape index (κ3) is 3.63. The van der Waals surface area contributed by atoms with E-state index in [2.05, 4.69) is 24.1 Å². The minimum atomic E-state index is -1.14. The van der Waals surface area contributed by atoms with Crippen molar-refractivity contribution in [1.82, 2.24) is 5.32 Å². The fourth-order valence-electron chi connectivity index (χ4n) is 1.89. The van der Waals surface area contributed by atoms with E-state index in [0.717, 1.165) is 24.3 Å². The van der Waals surface area contributed by atoms with Crippen LogP contribution in [0, 0.1) is 0 Å². The van der Waals surface area contributed by atoms with Crippen molar-refractivity contribution in [2.75, 3.05) is 24.6 Å². The predicted octanol–water partition coefficient (Wildman–Crippen LogP) is 1.83. The lowest BCUT2D eigenvalue weighted by atomic mass is 10.1. The van der Waals surface area contributed by atoms with E-state index in [1.54, 1.807) is 0 Å². The summed E-state index contributed by atoms with van der Waals surface area (Å²) in [5.74, 6) is 0. The molecule has 5 heteroatoms. The van der Waals surface area contributed by atoms with Gasteiger partial charge in [-0.25, -0.2) is 4.79 Å². The van der Waals surface area contributed by atoms with E-state index in [9.17, 15) is 4.79 Å². The van der Waals surface area contributed by atoms with E-state index >= 15 is 0 Å². The molecule has 1 aromatic rings. The van der Waals surface area contributed by atoms with Crippen LogP contribution in [0.25, 0.3) is 0 Å². The SMILES string of the molecule is CCN(CC)c1ccc([C@H](CO)NC(=O)O)cc1. The van der Waals surface area contributed by atoms with Crippen molar-refractivity contribution in [3.8, 4) is 0 Å². The third-order valence-electron chi connectivity index (χ3n) is 2.90. The van der Waals surface area contributed by atoms with Crippen LogP contribution in [0.5, 0.6) is 0 Å². The summed E-state index contributed by atoms with van der Waals surface area (Å²) in [6, 6.07) is 6.98. The molecule has 18 heavy (non-hydrogen) atoms. The fraction of sp³-hybridized carbons (Fsp3) is 0.462. The first-order chi connectivity index (χ1) is 8.62. The molecular weight excluding hydrogens is 232 g/mol. The Kier molecular flexibility index (Phi) is 5.45. The number of hydrogen-bond donors (Lipinski definition) is 3. The van der Waals surface area contributed by atoms with Gasteiger partial charge in [0, 0.05) is 18.8 Å². The number of amides is 1. The zero-order valence-corrected chi connectivity index (χ0v) is 10.8. The maximum Gasteiger partial charge on any atom is 0.405 e. The van der Waals surface area contributed by atoms with E-state index in [4.69, 9.17) is 10.2 Å². The van der Waals surface area contributed by atoms with Gasteiger partial charge < -0.3 is 20.4 Å². The van der Waals surface area contributed by atoms with E-state index in [1.165, 1.54) is 0 Å². The maximum absolute atomic E-state index is 10.6. The van der Waals surface area contributed by atoms with Crippen molar-refractivity contribution in [3.63, 3.8) is 0 Å². The van der Waals surface area contributed by atoms with Crippen molar-refractivity contribution >= 4 is 11.8 Å². The zero-order chi connectivity index (χ0) is 13.5. The number of nitrogens with one attached hydrogen (secondary N) is 1. The smallest absolute Gasteiger partial charge is 0.405 e. The maximum atomic E-state index is 10.6. The number of aliphatic hydroxyl groups is 1. The van der Waals surface area contributed by atoms with Gasteiger partial charge in [-0.15, -0.1) is 0 Å². The highest BCUT2D eigenvalue weighted by molar-refractivity contribution is 5.65. The van der Waals surface area contributed by atoms with Gasteiger partial charge in [0.15, 0.2) is 0 Å². The average molecular weight is 252 g/mol. The van der Waals surface area contributed by atoms with Crippen LogP contribution in [0.2, 0.25) is 0 Å². The predicted molar refractivity (Wildman–Crippen MR) is 71.0 cm³/mol. The van der Waals surface area contributed by atoms with E-state index in [0.29, 0.717) is 0 Å². The number of rotatable bonds is 6. The highest BCUT2D eigenvalue weighted by Crippen LogP contribution is 2.19. The Morgan fingerprint density at radius 2 is 1.83 bits per heavy atom. The number of carbonyl (C=O) groups is 1. The van der Waals surface area contributed by atoms with Gasteiger partial charge in [0.25, 0.3) is 0 Å². The summed E-state index contributed by atoms with van der Waals surface area (Å²) in [6.07, 6.45) is -1.14. The van der Waals surface area contributed by atoms with Gasteiger partial charge in [0.1, 0.15) is 0 Å². The second-order valence-corrected chi connectivity index (χ2v) is 3.95. The minimum Gasteiger partial charge on any atom is -0.465 e. The van der Waals surface area contributed by atoms with Gasteiger partial charge in [-0.3, -0.25) is 0 Å². The van der Waals surface area contributed by atoms with Crippen molar-refractivity contribution < 1.29 is 15.0 Å². The number of anilines is 1. The Bertz CT molecular complexity index is 374. The first-order valence-corrected chi connectivity index (χ1v) is 6.07. The summed E-state index contributed by atoms with van der Waals surface area (Å²) in [6.45, 7) is 5.76. The van der Waals surface area contributed by atoms with Crippen molar-refractivity contribution in [2.45, 2.75) is 19.9 Å². The second-order valence-electron chi connectivity index (χ2n) is 3.95. The molecule has 1 amide bonds. The van der Waals surface area contributed by atoms with Crippen LogP contribution in [0.15, 0.2) is 24.3 Å². The topological polar surface area (TPSA) is 72.8 Å². The van der Waals surface area contributed by atoms with Crippen LogP contribution < -0.4 is 10.2 Å². The molecule has 1 aromatic carbocycles. The van der Waals surface area contributed by atoms with Crippen LogP contribution >= 0.6 is 0 Å². The lowest BCUT2D eigenvalue weighted by Crippen LogP contribution is -2.29. The largest absolute Gasteiger partial charge is 0.465 e. The minimum absolute atomic E-state index is 0.253. The summed E-state index contributed by atoms with van der Waals surface area (Å²) in [4.78, 5) is 12.8. The molecule has 0 saturated carbocycles. The van der Waals surface area contributed by atoms with Crippen LogP contribution in [-0.4, -0.2) is 36.0 Å². The molecule has 1 atom stereocenters. The van der Waals surface area contributed by atoms with Gasteiger partial charge in [-0.05, 0) is 31.5 Å². The Balaban J connectivity index is 2.83. The molecule has 0 bridgehead atoms. The fourth-order valence-corrected chi connectivity index (χ4v) is 1.89. The monoisotopic (exact) mass is 252 g/mol. The van der Waals surface area contributed by atoms with Crippen molar-refractivity contribution in [3.05, 3.63) is 29.8 Å². The molecule has 0 aliphatic heterocycles. The van der Waals surface area contributed by atoms with Gasteiger partial charge >= 0.3 is 6.09 Å². The Labute approximate surface area is 107 Å². The molecule has 0 fully saturated rings. The molecule has 0 aromatic heterocycles. The Morgan fingerprint density at radius 1 is 1.28 bits per heavy atom. The average Bonchev–Trinajstić information content (AvgIpc) is 2.38. The molecule has 0 aliphatic rings. The second kappa shape index (κ2) is 6.86. The first kappa shape index (κ1) is 14.3. The van der Waals surface area contributed by atoms with Crippen LogP contribution in [0.1, 0.15) is 25.5 Å². The highest BCUT2D eigenvalue weighted by atomic mass is 16.4. The van der Waals surface area contributed by atoms with Crippen LogP contribution in [0.4, 0.5) is 10.5 Å². The molecule has 0 radical (unpaired) electrons. The van der Waals surface area contributed by atoms with Crippen molar-refractivity contribution in [1.29, 1.82) is 0 Å². The van der Waals surface area contributed by atoms with Gasteiger partial charge in [-0.2, -0.15) is 0 Å². The van der Waals surface area contributed by atoms with Gasteiger partial charge in [-0.1, -0.05) is 12.1 Å². The lowest BCUT2D eigenvalue weighted by molar-refractivity contribution is 0.177. The standard InChI is InChI=1S/C13H20N2O3/c1-3-15(4-2)11-7-5-10(6-8-11)12(9-16)14-13(17)18/h5-8,12,14,16H,3-4,9H2,1-2H3,(H,17,18)/t12-/m0/s1. The first-order valence-electron chi connectivity index (χ1n) is 6.07. The Hall–Kier alpha value is -1.75. The molecule has 3 N–H and O–H groups in total. The number of carboxylic acid groups (broad SMARTS) is 1. The molecule has 1 rings (SSSR count). The molecule has 0 spiro atoms. The van der Waals surface area contributed by atoms with Crippen LogP contribution in [0.3, 0.4) is 0 Å². The summed E-state index contributed by atoms with van der Waals surface area (Å²) in [7, 11) is 0. The molecule has 0 aliphatic carbocycles. The molecule has 0 saturated heterocycles. The molecule has 0 heterocycles. The quantitative estimate of drug-likeness (QED) is 0.722. The molecule has 0 unspecified atom stereocenters. The molecular formula is C13H20N2O3. The van der Waals surface area contributed by atoms with Gasteiger partial charge in [0.2, 0.25) is 0 Å². The summed E-state index contributed by atoms with van der Waals surface area (Å²) >= 11 is 0. The van der Waals surface area contributed by atoms with Crippen molar-refractivity contribution in [2.24, 2.45) is 0 Å². The summed E-state index contributed by atoms with van der Waals surface area (Å²) in [5.41, 5.74) is 1.85. The lowest BCUT2D eigenvalue weighted by Gasteiger charge is -2.22. The molecule has 5 nitrogen and oxygen atoms in total. The van der Waals surface area contributed by atoms with E-state index in [1.807, 2.05) is 24.3 Å². The summed E-state index contributed by atoms with van der Waals surface area (Å²) in [5, 5.41) is 20.1. The van der Waals surface area contributed by atoms with E-state index < -0.39 is 12.1 Å². The zero-order valence-electron chi connectivity index (χ0n) is 10.8.